The molecule has 0 bridgehead atoms. The number of hydrogen-bond donors (Lipinski definition) is 0. The van der Waals surface area contributed by atoms with Crippen molar-refractivity contribution in [3.8, 4) is 0 Å². The summed E-state index contributed by atoms with van der Waals surface area (Å²) in [6.45, 7) is 0. The lowest BCUT2D eigenvalue weighted by atomic mass is 9.95. The standard InChI is InChI=1S/C22H4Br14/c23-11-6-4-2-1-3-5(6)9(15(27)17(11)29)21(33,34)22(35,36)10-7-8(13(25)18(30)16(10)28)14(26)20(32)19(31)12(7)24/h1-4H. The van der Waals surface area contributed by atoms with Crippen molar-refractivity contribution in [3.63, 3.8) is 0 Å². The van der Waals surface area contributed by atoms with Crippen molar-refractivity contribution in [2.75, 3.05) is 0 Å². The van der Waals surface area contributed by atoms with Gasteiger partial charge in [0.2, 0.25) is 0 Å². The van der Waals surface area contributed by atoms with Gasteiger partial charge in [-0.05, 0) is 170 Å². The predicted molar refractivity (Wildman–Crippen MR) is 204 cm³/mol. The Kier molecular flexibility index (Phi) is 11.2. The molecule has 0 spiro atoms. The summed E-state index contributed by atoms with van der Waals surface area (Å²) in [4.78, 5) is 0. The first-order valence-corrected chi connectivity index (χ1v) is 20.3. The van der Waals surface area contributed by atoms with Crippen molar-refractivity contribution in [1.29, 1.82) is 0 Å². The van der Waals surface area contributed by atoms with E-state index in [1.165, 1.54) is 0 Å². The number of fused-ring (bicyclic) bond motifs is 2. The Morgan fingerprint density at radius 2 is 0.722 bits per heavy atom. The van der Waals surface area contributed by atoms with Crippen LogP contribution in [0.3, 0.4) is 0 Å². The lowest BCUT2D eigenvalue weighted by Gasteiger charge is -2.39. The highest BCUT2D eigenvalue weighted by molar-refractivity contribution is 9.29. The Labute approximate surface area is 325 Å². The molecule has 0 radical (unpaired) electrons. The lowest BCUT2D eigenvalue weighted by Crippen LogP contribution is -2.31. The van der Waals surface area contributed by atoms with Crippen LogP contribution in [0.15, 0.2) is 69.0 Å². The van der Waals surface area contributed by atoms with Gasteiger partial charge in [-0.15, -0.1) is 0 Å². The van der Waals surface area contributed by atoms with Crippen molar-refractivity contribution in [1.82, 2.24) is 0 Å². The predicted octanol–water partition coefficient (Wildman–Crippen LogP) is 16.2. The second-order valence-corrected chi connectivity index (χ2v) is 22.2. The molecule has 14 heteroatoms. The highest BCUT2D eigenvalue weighted by Gasteiger charge is 2.52. The minimum atomic E-state index is -0.902. The molecule has 0 N–H and O–H groups in total. The third-order valence-corrected chi connectivity index (χ3v) is 23.2. The maximum Gasteiger partial charge on any atom is 0.136 e. The first kappa shape index (κ1) is 33.0. The Balaban J connectivity index is 2.21. The van der Waals surface area contributed by atoms with E-state index in [-0.39, 0.29) is 0 Å². The molecular weight excluding hydrogens is 1380 g/mol. The van der Waals surface area contributed by atoms with Crippen molar-refractivity contribution < 1.29 is 0 Å². The topological polar surface area (TPSA) is 0 Å². The maximum atomic E-state index is 4.09. The summed E-state index contributed by atoms with van der Waals surface area (Å²) < 4.78 is 7.19. The number of halogens is 14. The molecule has 0 saturated carbocycles. The third kappa shape index (κ3) is 5.24. The molecule has 4 aromatic carbocycles. The fourth-order valence-electron chi connectivity index (χ4n) is 3.75. The zero-order valence-corrected chi connectivity index (χ0v) is 38.8. The lowest BCUT2D eigenvalue weighted by molar-refractivity contribution is 0.846. The third-order valence-electron chi connectivity index (χ3n) is 5.40. The second-order valence-electron chi connectivity index (χ2n) is 7.33. The Hall–Kier alpha value is 4.12. The van der Waals surface area contributed by atoms with E-state index in [9.17, 15) is 0 Å². The Morgan fingerprint density at radius 1 is 0.361 bits per heavy atom. The van der Waals surface area contributed by atoms with Gasteiger partial charge in [-0.2, -0.15) is 0 Å². The Bertz CT molecular complexity index is 1580. The van der Waals surface area contributed by atoms with Crippen LogP contribution < -0.4 is 0 Å². The monoisotopic (exact) mass is 1370 g/mol. The number of benzene rings is 4. The van der Waals surface area contributed by atoms with Crippen LogP contribution in [0.1, 0.15) is 11.1 Å². The first-order chi connectivity index (χ1) is 16.6. The van der Waals surface area contributed by atoms with Gasteiger partial charge in [0.1, 0.15) is 6.47 Å². The summed E-state index contributed by atoms with van der Waals surface area (Å²) in [7, 11) is 0. The average molecular weight is 1390 g/mol. The SMILES string of the molecule is Brc1c(Br)c(C(Br)(Br)C(Br)(Br)c2c(Br)c(Br)c(Br)c3c(Br)c(Br)c(Br)c(Br)c23)c2ccccc2c1Br. The van der Waals surface area contributed by atoms with Gasteiger partial charge in [-0.25, -0.2) is 0 Å². The molecule has 190 valence electrons. The van der Waals surface area contributed by atoms with Gasteiger partial charge in [0.05, 0.1) is 0 Å². The summed E-state index contributed by atoms with van der Waals surface area (Å²) in [5, 5.41) is 4.06. The van der Waals surface area contributed by atoms with Gasteiger partial charge < -0.3 is 0 Å². The van der Waals surface area contributed by atoms with Crippen LogP contribution in [-0.2, 0) is 6.47 Å². The van der Waals surface area contributed by atoms with Crippen LogP contribution in [0.25, 0.3) is 21.5 Å². The molecule has 0 aliphatic carbocycles. The van der Waals surface area contributed by atoms with Crippen molar-refractivity contribution in [2.24, 2.45) is 0 Å². The molecule has 4 aromatic rings. The molecule has 0 aliphatic heterocycles. The van der Waals surface area contributed by atoms with Gasteiger partial charge in [0.15, 0.2) is 0 Å². The minimum absolute atomic E-state index is 0.859. The molecule has 0 nitrogen and oxygen atoms in total. The van der Waals surface area contributed by atoms with E-state index in [4.69, 9.17) is 0 Å². The fourth-order valence-corrected chi connectivity index (χ4v) is 13.9. The number of hydrogen-bond acceptors (Lipinski definition) is 0. The van der Waals surface area contributed by atoms with Gasteiger partial charge in [0.25, 0.3) is 0 Å². The molecule has 0 atom stereocenters. The van der Waals surface area contributed by atoms with Crippen LogP contribution >= 0.6 is 223 Å². The van der Waals surface area contributed by atoms with Gasteiger partial charge in [0, 0.05) is 66.6 Å². The van der Waals surface area contributed by atoms with E-state index >= 15 is 0 Å². The summed E-state index contributed by atoms with van der Waals surface area (Å²) in [5.74, 6) is 0. The zero-order chi connectivity index (χ0) is 27.1. The maximum absolute atomic E-state index is 4.09. The molecule has 0 aliphatic rings. The molecule has 0 heterocycles. The molecule has 0 amide bonds. The highest BCUT2D eigenvalue weighted by atomic mass is 79.9. The van der Waals surface area contributed by atoms with E-state index in [1.807, 2.05) is 12.1 Å². The molecule has 36 heavy (non-hydrogen) atoms. The summed E-state index contributed by atoms with van der Waals surface area (Å²) in [6.07, 6.45) is 0. The smallest absolute Gasteiger partial charge is 0.0644 e. The van der Waals surface area contributed by atoms with E-state index in [0.717, 1.165) is 77.4 Å². The summed E-state index contributed by atoms with van der Waals surface area (Å²) >= 11 is 54.3. The zero-order valence-electron chi connectivity index (χ0n) is 16.6. The molecule has 0 aromatic heterocycles. The van der Waals surface area contributed by atoms with Crippen molar-refractivity contribution in [3.05, 3.63) is 80.1 Å². The molecule has 4 rings (SSSR count). The Morgan fingerprint density at radius 3 is 1.25 bits per heavy atom. The molecule has 0 unspecified atom stereocenters. The van der Waals surface area contributed by atoms with Crippen LogP contribution in [0, 0.1) is 0 Å². The van der Waals surface area contributed by atoms with Crippen molar-refractivity contribution >= 4 is 245 Å². The molecule has 0 fully saturated rings. The van der Waals surface area contributed by atoms with Crippen molar-refractivity contribution in [2.45, 2.75) is 6.47 Å². The van der Waals surface area contributed by atoms with Gasteiger partial charge in [-0.1, -0.05) is 88.0 Å². The van der Waals surface area contributed by atoms with E-state index < -0.39 is 6.47 Å². The van der Waals surface area contributed by atoms with Gasteiger partial charge in [-0.3, -0.25) is 0 Å². The van der Waals surface area contributed by atoms with E-state index in [1.54, 1.807) is 0 Å². The highest BCUT2D eigenvalue weighted by Crippen LogP contribution is 2.67. The second kappa shape index (κ2) is 12.3. The number of rotatable bonds is 3. The fraction of sp³-hybridized carbons (Fsp3) is 0.0909. The van der Waals surface area contributed by atoms with Crippen LogP contribution in [0.4, 0.5) is 0 Å². The quantitative estimate of drug-likeness (QED) is 0.109. The summed E-state index contributed by atoms with van der Waals surface area (Å²) in [6, 6.07) is 8.24. The van der Waals surface area contributed by atoms with Crippen LogP contribution in [-0.4, -0.2) is 0 Å². The van der Waals surface area contributed by atoms with E-state index in [2.05, 4.69) is 235 Å². The van der Waals surface area contributed by atoms with Gasteiger partial charge >= 0.3 is 0 Å². The minimum Gasteiger partial charge on any atom is -0.0644 e. The molecule has 0 saturated heterocycles. The largest absolute Gasteiger partial charge is 0.136 e. The number of alkyl halides is 4. The normalized spacial score (nSPS) is 12.7. The molecular formula is C22H4Br14. The van der Waals surface area contributed by atoms with Crippen LogP contribution in [0.5, 0.6) is 0 Å². The first-order valence-electron chi connectivity index (χ1n) is 9.22. The summed E-state index contributed by atoms with van der Waals surface area (Å²) in [5.41, 5.74) is 1.91. The average Bonchev–Trinajstić information content (AvgIpc) is 2.82. The van der Waals surface area contributed by atoms with Crippen LogP contribution in [0.2, 0.25) is 0 Å². The van der Waals surface area contributed by atoms with E-state index in [0.29, 0.717) is 0 Å².